The second-order valence-corrected chi connectivity index (χ2v) is 5.92. The summed E-state index contributed by atoms with van der Waals surface area (Å²) in [6.07, 6.45) is 2.06. The Morgan fingerprint density at radius 3 is 2.44 bits per heavy atom. The van der Waals surface area contributed by atoms with Gasteiger partial charge in [-0.1, -0.05) is 54.6 Å². The maximum absolute atomic E-state index is 12.3. The average Bonchev–Trinajstić information content (AvgIpc) is 2.66. The Hall–Kier alpha value is -3.32. The van der Waals surface area contributed by atoms with Crippen molar-refractivity contribution in [2.45, 2.75) is 13.0 Å². The van der Waals surface area contributed by atoms with Crippen LogP contribution in [0.15, 0.2) is 72.8 Å². The van der Waals surface area contributed by atoms with Gasteiger partial charge >= 0.3 is 0 Å². The highest BCUT2D eigenvalue weighted by Gasteiger charge is 2.14. The molecule has 0 radical (unpaired) electrons. The van der Waals surface area contributed by atoms with Gasteiger partial charge in [-0.3, -0.25) is 9.69 Å². The van der Waals surface area contributed by atoms with E-state index in [1.54, 1.807) is 0 Å². The molecule has 124 valence electrons. The van der Waals surface area contributed by atoms with Crippen LogP contribution in [0.2, 0.25) is 0 Å². The van der Waals surface area contributed by atoms with Crippen molar-refractivity contribution in [3.63, 3.8) is 0 Å². The van der Waals surface area contributed by atoms with Crippen LogP contribution in [-0.2, 0) is 4.79 Å². The molecule has 0 spiro atoms. The number of hydrogen-bond acceptors (Lipinski definition) is 3. The van der Waals surface area contributed by atoms with Gasteiger partial charge in [0.2, 0.25) is 5.91 Å². The number of fused-ring (bicyclic) bond motifs is 1. The molecule has 4 heteroatoms. The molecule has 0 saturated heterocycles. The Balaban J connectivity index is 1.68. The number of amides is 1. The second kappa shape index (κ2) is 7.50. The third kappa shape index (κ3) is 3.96. The standard InChI is InChI=1S/C21H19N3O/c1-16(18-12-11-17-7-5-6-8-19(17)13-18)23-21(25)14-24(15-22)20-9-3-2-4-10-20/h2-13,16H,14H2,1H3,(H,23,25). The lowest BCUT2D eigenvalue weighted by Crippen LogP contribution is -2.36. The predicted molar refractivity (Wildman–Crippen MR) is 99.9 cm³/mol. The molecule has 1 unspecified atom stereocenters. The summed E-state index contributed by atoms with van der Waals surface area (Å²) in [7, 11) is 0. The number of benzene rings is 3. The number of carbonyl (C=O) groups is 1. The number of rotatable bonds is 5. The predicted octanol–water partition coefficient (Wildman–Crippen LogP) is 4.00. The molecule has 1 atom stereocenters. The number of anilines is 1. The van der Waals surface area contributed by atoms with Gasteiger partial charge in [0.25, 0.3) is 0 Å². The van der Waals surface area contributed by atoms with E-state index in [4.69, 9.17) is 0 Å². The molecule has 0 aliphatic carbocycles. The van der Waals surface area contributed by atoms with Gasteiger partial charge in [-0.2, -0.15) is 5.26 Å². The van der Waals surface area contributed by atoms with Crippen molar-refractivity contribution in [2.75, 3.05) is 11.4 Å². The number of hydrogen-bond donors (Lipinski definition) is 1. The van der Waals surface area contributed by atoms with Crippen LogP contribution in [-0.4, -0.2) is 12.5 Å². The first-order valence-electron chi connectivity index (χ1n) is 8.18. The summed E-state index contributed by atoms with van der Waals surface area (Å²) in [5.41, 5.74) is 1.74. The van der Waals surface area contributed by atoms with Gasteiger partial charge in [0, 0.05) is 0 Å². The first kappa shape index (κ1) is 16.5. The highest BCUT2D eigenvalue weighted by molar-refractivity contribution is 5.84. The van der Waals surface area contributed by atoms with Gasteiger partial charge in [0.05, 0.1) is 11.7 Å². The molecule has 0 heterocycles. The molecule has 3 aromatic carbocycles. The van der Waals surface area contributed by atoms with Crippen molar-refractivity contribution < 1.29 is 4.79 Å². The first-order valence-corrected chi connectivity index (χ1v) is 8.18. The fourth-order valence-corrected chi connectivity index (χ4v) is 2.78. The van der Waals surface area contributed by atoms with Crippen LogP contribution >= 0.6 is 0 Å². The molecule has 0 bridgehead atoms. The quantitative estimate of drug-likeness (QED) is 0.568. The lowest BCUT2D eigenvalue weighted by Gasteiger charge is -2.19. The van der Waals surface area contributed by atoms with Crippen LogP contribution in [0, 0.1) is 11.5 Å². The van der Waals surface area contributed by atoms with E-state index in [9.17, 15) is 10.1 Å². The van der Waals surface area contributed by atoms with Gasteiger partial charge in [0.15, 0.2) is 6.19 Å². The summed E-state index contributed by atoms with van der Waals surface area (Å²) < 4.78 is 0. The first-order chi connectivity index (χ1) is 12.2. The van der Waals surface area contributed by atoms with Crippen LogP contribution in [0.4, 0.5) is 5.69 Å². The van der Waals surface area contributed by atoms with Gasteiger partial charge in [0.1, 0.15) is 6.54 Å². The summed E-state index contributed by atoms with van der Waals surface area (Å²) in [6.45, 7) is 1.94. The largest absolute Gasteiger partial charge is 0.348 e. The molecule has 0 aromatic heterocycles. The van der Waals surface area contributed by atoms with E-state index in [1.165, 1.54) is 10.3 Å². The van der Waals surface area contributed by atoms with Crippen molar-refractivity contribution in [3.8, 4) is 6.19 Å². The minimum absolute atomic E-state index is 0.00155. The number of nitrogens with zero attached hydrogens (tertiary/aromatic N) is 2. The summed E-state index contributed by atoms with van der Waals surface area (Å²) in [6, 6.07) is 23.3. The number of carbonyl (C=O) groups excluding carboxylic acids is 1. The van der Waals surface area contributed by atoms with Crippen LogP contribution in [0.25, 0.3) is 10.8 Å². The van der Waals surface area contributed by atoms with Gasteiger partial charge in [-0.05, 0) is 41.5 Å². The maximum atomic E-state index is 12.3. The third-order valence-electron chi connectivity index (χ3n) is 4.14. The number of nitriles is 1. The number of nitrogens with one attached hydrogen (secondary N) is 1. The van der Waals surface area contributed by atoms with E-state index in [0.717, 1.165) is 10.9 Å². The van der Waals surface area contributed by atoms with E-state index in [1.807, 2.05) is 55.5 Å². The Morgan fingerprint density at radius 2 is 1.72 bits per heavy atom. The molecule has 0 aliphatic heterocycles. The van der Waals surface area contributed by atoms with Crippen LogP contribution in [0.3, 0.4) is 0 Å². The number of para-hydroxylation sites is 1. The zero-order chi connectivity index (χ0) is 17.6. The molecule has 0 saturated carbocycles. The summed E-state index contributed by atoms with van der Waals surface area (Å²) in [5.74, 6) is -0.189. The van der Waals surface area contributed by atoms with E-state index in [2.05, 4.69) is 35.8 Å². The second-order valence-electron chi connectivity index (χ2n) is 5.92. The minimum atomic E-state index is -0.189. The summed E-state index contributed by atoms with van der Waals surface area (Å²) >= 11 is 0. The molecular weight excluding hydrogens is 310 g/mol. The highest BCUT2D eigenvalue weighted by Crippen LogP contribution is 2.20. The van der Waals surface area contributed by atoms with Gasteiger partial charge < -0.3 is 5.32 Å². The fraction of sp³-hybridized carbons (Fsp3) is 0.143. The zero-order valence-electron chi connectivity index (χ0n) is 14.0. The molecule has 1 N–H and O–H groups in total. The van der Waals surface area contributed by atoms with Gasteiger partial charge in [-0.15, -0.1) is 0 Å². The maximum Gasteiger partial charge on any atom is 0.241 e. The van der Waals surface area contributed by atoms with Gasteiger partial charge in [-0.25, -0.2) is 0 Å². The van der Waals surface area contributed by atoms with Crippen molar-refractivity contribution in [2.24, 2.45) is 0 Å². The van der Waals surface area contributed by atoms with Crippen LogP contribution in [0.1, 0.15) is 18.5 Å². The molecule has 25 heavy (non-hydrogen) atoms. The smallest absolute Gasteiger partial charge is 0.241 e. The Bertz CT molecular complexity index is 915. The van der Waals surface area contributed by atoms with Crippen molar-refractivity contribution in [3.05, 3.63) is 78.4 Å². The Morgan fingerprint density at radius 1 is 1.04 bits per heavy atom. The SMILES string of the molecule is CC(NC(=O)CN(C#N)c1ccccc1)c1ccc2ccccc2c1. The molecule has 1 amide bonds. The molecule has 0 fully saturated rings. The van der Waals surface area contributed by atoms with Crippen LogP contribution < -0.4 is 10.2 Å². The lowest BCUT2D eigenvalue weighted by molar-refractivity contribution is -0.120. The molecule has 0 aliphatic rings. The Kier molecular flexibility index (Phi) is 4.96. The average molecular weight is 329 g/mol. The Labute approximate surface area is 147 Å². The van der Waals surface area contributed by atoms with Crippen molar-refractivity contribution >= 4 is 22.4 Å². The summed E-state index contributed by atoms with van der Waals surface area (Å²) in [4.78, 5) is 13.7. The lowest BCUT2D eigenvalue weighted by atomic mass is 10.0. The third-order valence-corrected chi connectivity index (χ3v) is 4.14. The van der Waals surface area contributed by atoms with E-state index >= 15 is 0 Å². The van der Waals surface area contributed by atoms with Crippen molar-refractivity contribution in [1.82, 2.24) is 5.32 Å². The fourth-order valence-electron chi connectivity index (χ4n) is 2.78. The van der Waals surface area contributed by atoms with Crippen molar-refractivity contribution in [1.29, 1.82) is 5.26 Å². The molecule has 3 rings (SSSR count). The minimum Gasteiger partial charge on any atom is -0.348 e. The van der Waals surface area contributed by atoms with E-state index in [-0.39, 0.29) is 18.5 Å². The van der Waals surface area contributed by atoms with E-state index in [0.29, 0.717) is 5.69 Å². The molecule has 4 nitrogen and oxygen atoms in total. The van der Waals surface area contributed by atoms with Crippen LogP contribution in [0.5, 0.6) is 0 Å². The molecular formula is C21H19N3O. The topological polar surface area (TPSA) is 56.1 Å². The summed E-state index contributed by atoms with van der Waals surface area (Å²) in [5, 5.41) is 14.6. The zero-order valence-corrected chi connectivity index (χ0v) is 14.0. The monoisotopic (exact) mass is 329 g/mol. The normalized spacial score (nSPS) is 11.5. The van der Waals surface area contributed by atoms with E-state index < -0.39 is 0 Å². The highest BCUT2D eigenvalue weighted by atomic mass is 16.2. The molecule has 3 aromatic rings.